The minimum absolute atomic E-state index is 0.144. The van der Waals surface area contributed by atoms with Gasteiger partial charge in [-0.1, -0.05) is 6.07 Å². The van der Waals surface area contributed by atoms with Gasteiger partial charge in [-0.2, -0.15) is 0 Å². The zero-order chi connectivity index (χ0) is 20.8. The summed E-state index contributed by atoms with van der Waals surface area (Å²) in [7, 11) is 0. The molecule has 31 heavy (non-hydrogen) atoms. The Morgan fingerprint density at radius 3 is 2.06 bits per heavy atom. The first-order chi connectivity index (χ1) is 15.2. The molecule has 1 aliphatic heterocycles. The van der Waals surface area contributed by atoms with E-state index in [2.05, 4.69) is 30.1 Å². The molecule has 1 N–H and O–H groups in total. The molecular weight excluding hydrogens is 388 g/mol. The highest BCUT2D eigenvalue weighted by Gasteiger charge is 2.54. The second kappa shape index (κ2) is 7.46. The summed E-state index contributed by atoms with van der Waals surface area (Å²) in [4.78, 5) is 31.3. The Morgan fingerprint density at radius 2 is 1.48 bits per heavy atom. The fraction of sp³-hybridized carbons (Fsp3) is 0.583. The summed E-state index contributed by atoms with van der Waals surface area (Å²) >= 11 is 0. The molecule has 0 atom stereocenters. The Bertz CT molecular complexity index is 903. The zero-order valence-electron chi connectivity index (χ0n) is 17.9. The quantitative estimate of drug-likeness (QED) is 0.821. The van der Waals surface area contributed by atoms with Crippen LogP contribution in [-0.2, 0) is 4.79 Å². The van der Waals surface area contributed by atoms with Crippen molar-refractivity contribution in [2.24, 2.45) is 23.2 Å². The van der Waals surface area contributed by atoms with Gasteiger partial charge in [-0.15, -0.1) is 0 Å². The first-order valence-electron chi connectivity index (χ1n) is 11.7. The fourth-order valence-electron chi connectivity index (χ4n) is 6.88. The Balaban J connectivity index is 1.08. The van der Waals surface area contributed by atoms with Gasteiger partial charge in [-0.05, 0) is 68.4 Å². The number of carbonyl (C=O) groups is 1. The lowest BCUT2D eigenvalue weighted by atomic mass is 9.49. The Labute approximate surface area is 183 Å². The lowest BCUT2D eigenvalue weighted by molar-refractivity contribution is -0.140. The molecular formula is C24H30N6O. The summed E-state index contributed by atoms with van der Waals surface area (Å²) in [6.07, 6.45) is 12.6. The summed E-state index contributed by atoms with van der Waals surface area (Å²) in [6, 6.07) is 6.01. The predicted molar refractivity (Wildman–Crippen MR) is 120 cm³/mol. The van der Waals surface area contributed by atoms with Gasteiger partial charge in [0.05, 0.1) is 23.5 Å². The van der Waals surface area contributed by atoms with Crippen LogP contribution in [0.5, 0.6) is 0 Å². The highest BCUT2D eigenvalue weighted by molar-refractivity contribution is 5.95. The predicted octanol–water partition coefficient (Wildman–Crippen LogP) is 3.35. The van der Waals surface area contributed by atoms with Crippen LogP contribution in [0.15, 0.2) is 36.8 Å². The number of rotatable bonds is 4. The van der Waals surface area contributed by atoms with Gasteiger partial charge in [0, 0.05) is 32.4 Å². The summed E-state index contributed by atoms with van der Waals surface area (Å²) in [5.74, 6) is 4.24. The number of anilines is 3. The second-order valence-corrected chi connectivity index (χ2v) is 10.1. The monoisotopic (exact) mass is 418 g/mol. The largest absolute Gasteiger partial charge is 0.353 e. The van der Waals surface area contributed by atoms with Crippen LogP contribution in [0.3, 0.4) is 0 Å². The van der Waals surface area contributed by atoms with E-state index in [4.69, 9.17) is 0 Å². The molecule has 7 heteroatoms. The fourth-order valence-corrected chi connectivity index (χ4v) is 6.88. The lowest BCUT2D eigenvalue weighted by Crippen LogP contribution is -2.51. The van der Waals surface area contributed by atoms with Crippen molar-refractivity contribution in [3.8, 4) is 0 Å². The Hall–Kier alpha value is -2.70. The van der Waals surface area contributed by atoms with Crippen molar-refractivity contribution in [2.75, 3.05) is 41.3 Å². The molecule has 5 fully saturated rings. The molecule has 7 rings (SSSR count). The maximum Gasteiger partial charge on any atom is 0.230 e. The van der Waals surface area contributed by atoms with Crippen molar-refractivity contribution in [1.82, 2.24) is 15.0 Å². The summed E-state index contributed by atoms with van der Waals surface area (Å²) in [5.41, 5.74) is 0.575. The van der Waals surface area contributed by atoms with Gasteiger partial charge >= 0.3 is 0 Å². The Kier molecular flexibility index (Phi) is 4.58. The van der Waals surface area contributed by atoms with Gasteiger partial charge in [-0.25, -0.2) is 15.0 Å². The number of nitrogens with zero attached hydrogens (tertiary/aromatic N) is 5. The lowest BCUT2D eigenvalue weighted by Gasteiger charge is -2.55. The minimum atomic E-state index is -0.144. The van der Waals surface area contributed by atoms with Crippen molar-refractivity contribution in [3.63, 3.8) is 0 Å². The summed E-state index contributed by atoms with van der Waals surface area (Å²) in [5, 5.41) is 3.16. The first kappa shape index (κ1) is 19.0. The van der Waals surface area contributed by atoms with E-state index < -0.39 is 0 Å². The van der Waals surface area contributed by atoms with Gasteiger partial charge in [0.1, 0.15) is 5.82 Å². The normalized spacial score (nSPS) is 31.7. The maximum atomic E-state index is 13.2. The topological polar surface area (TPSA) is 74.2 Å². The first-order valence-corrected chi connectivity index (χ1v) is 11.7. The third kappa shape index (κ3) is 3.54. The number of hydrogen-bond acceptors (Lipinski definition) is 6. The van der Waals surface area contributed by atoms with Crippen LogP contribution in [0.4, 0.5) is 17.5 Å². The van der Waals surface area contributed by atoms with E-state index in [0.717, 1.165) is 80.6 Å². The Morgan fingerprint density at radius 1 is 0.871 bits per heavy atom. The molecule has 0 radical (unpaired) electrons. The molecule has 162 valence electrons. The van der Waals surface area contributed by atoms with Crippen molar-refractivity contribution in [3.05, 3.63) is 36.8 Å². The highest BCUT2D eigenvalue weighted by Crippen LogP contribution is 2.60. The SMILES string of the molecule is O=C(Nc1cnc(N2CCN(c3ccccn3)CC2)nc1)C12CC3CC(CC(C3)C1)C2. The van der Waals surface area contributed by atoms with E-state index in [1.54, 1.807) is 12.4 Å². The molecule has 0 spiro atoms. The number of piperazine rings is 1. The van der Waals surface area contributed by atoms with Gasteiger partial charge in [0.15, 0.2) is 0 Å². The standard InChI is InChI=1S/C24H30N6O/c31-22(24-12-17-9-18(13-24)11-19(10-17)14-24)28-20-15-26-23(27-16-20)30-7-5-29(6-8-30)21-3-1-2-4-25-21/h1-4,15-19H,5-14H2,(H,28,31). The molecule has 2 aromatic heterocycles. The van der Waals surface area contributed by atoms with E-state index in [1.165, 1.54) is 19.3 Å². The van der Waals surface area contributed by atoms with E-state index in [9.17, 15) is 4.79 Å². The molecule has 5 aliphatic rings. The third-order valence-electron chi connectivity index (χ3n) is 7.95. The molecule has 1 saturated heterocycles. The maximum absolute atomic E-state index is 13.2. The van der Waals surface area contributed by atoms with Crippen LogP contribution in [0, 0.1) is 23.2 Å². The van der Waals surface area contributed by atoms with E-state index in [1.807, 2.05) is 24.4 Å². The summed E-state index contributed by atoms with van der Waals surface area (Å²) < 4.78 is 0. The average Bonchev–Trinajstić information content (AvgIpc) is 2.79. The smallest absolute Gasteiger partial charge is 0.230 e. The number of pyridine rings is 1. The number of aromatic nitrogens is 3. The number of hydrogen-bond donors (Lipinski definition) is 1. The van der Waals surface area contributed by atoms with Crippen molar-refractivity contribution in [1.29, 1.82) is 0 Å². The van der Waals surface area contributed by atoms with Gasteiger partial charge in [0.25, 0.3) is 0 Å². The number of carbonyl (C=O) groups excluding carboxylic acids is 1. The molecule has 4 bridgehead atoms. The zero-order valence-corrected chi connectivity index (χ0v) is 17.9. The minimum Gasteiger partial charge on any atom is -0.353 e. The van der Waals surface area contributed by atoms with Gasteiger partial charge in [0.2, 0.25) is 11.9 Å². The van der Waals surface area contributed by atoms with E-state index >= 15 is 0 Å². The molecule has 4 saturated carbocycles. The van der Waals surface area contributed by atoms with E-state index in [0.29, 0.717) is 0 Å². The summed E-state index contributed by atoms with van der Waals surface area (Å²) in [6.45, 7) is 3.50. The van der Waals surface area contributed by atoms with Crippen LogP contribution in [0.1, 0.15) is 38.5 Å². The van der Waals surface area contributed by atoms with Crippen LogP contribution < -0.4 is 15.1 Å². The van der Waals surface area contributed by atoms with Crippen molar-refractivity contribution >= 4 is 23.4 Å². The van der Waals surface area contributed by atoms with Crippen molar-refractivity contribution < 1.29 is 4.79 Å². The van der Waals surface area contributed by atoms with Gasteiger partial charge in [-0.3, -0.25) is 4.79 Å². The molecule has 7 nitrogen and oxygen atoms in total. The third-order valence-corrected chi connectivity index (χ3v) is 7.95. The molecule has 3 heterocycles. The van der Waals surface area contributed by atoms with Crippen molar-refractivity contribution in [2.45, 2.75) is 38.5 Å². The molecule has 4 aliphatic carbocycles. The molecule has 0 aromatic carbocycles. The molecule has 2 aromatic rings. The molecule has 1 amide bonds. The van der Waals surface area contributed by atoms with Crippen LogP contribution in [0.25, 0.3) is 0 Å². The van der Waals surface area contributed by atoms with Crippen LogP contribution in [-0.4, -0.2) is 47.0 Å². The van der Waals surface area contributed by atoms with Crippen LogP contribution in [0.2, 0.25) is 0 Å². The second-order valence-electron chi connectivity index (χ2n) is 10.1. The highest BCUT2D eigenvalue weighted by atomic mass is 16.2. The number of amides is 1. The average molecular weight is 419 g/mol. The molecule has 0 unspecified atom stereocenters. The number of nitrogens with one attached hydrogen (secondary N) is 1. The van der Waals surface area contributed by atoms with Gasteiger partial charge < -0.3 is 15.1 Å². The van der Waals surface area contributed by atoms with E-state index in [-0.39, 0.29) is 11.3 Å². The van der Waals surface area contributed by atoms with Crippen LogP contribution >= 0.6 is 0 Å².